The summed E-state index contributed by atoms with van der Waals surface area (Å²) in [4.78, 5) is 29.1. The number of carbonyl (C=O) groups is 2. The molecule has 6 rings (SSSR count). The third kappa shape index (κ3) is 6.70. The number of rotatable bonds is 6. The van der Waals surface area contributed by atoms with Gasteiger partial charge in [0.05, 0.1) is 16.3 Å². The highest BCUT2D eigenvalue weighted by atomic mass is 32.1. The molecule has 0 unspecified atom stereocenters. The Morgan fingerprint density at radius 1 is 0.909 bits per heavy atom. The Morgan fingerprint density at radius 3 is 2.39 bits per heavy atom. The molecule has 7 nitrogen and oxygen atoms in total. The van der Waals surface area contributed by atoms with Gasteiger partial charge in [-0.3, -0.25) is 10.1 Å². The molecule has 0 bridgehead atoms. The van der Waals surface area contributed by atoms with E-state index in [-0.39, 0.29) is 17.4 Å². The van der Waals surface area contributed by atoms with Crippen molar-refractivity contribution in [3.63, 3.8) is 0 Å². The van der Waals surface area contributed by atoms with E-state index >= 15 is 0 Å². The van der Waals surface area contributed by atoms with Crippen molar-refractivity contribution in [3.05, 3.63) is 107 Å². The second-order valence-corrected chi connectivity index (χ2v) is 13.9. The molecule has 8 heteroatoms. The lowest BCUT2D eigenvalue weighted by Gasteiger charge is -2.32. The highest BCUT2D eigenvalue weighted by Crippen LogP contribution is 2.30. The lowest BCUT2D eigenvalue weighted by molar-refractivity contribution is 0.0695. The zero-order valence-electron chi connectivity index (χ0n) is 25.8. The number of nitrogens with one attached hydrogen (secondary N) is 2. The first-order valence-corrected chi connectivity index (χ1v) is 16.1. The van der Waals surface area contributed by atoms with Crippen molar-refractivity contribution in [1.29, 1.82) is 0 Å². The lowest BCUT2D eigenvalue weighted by Crippen LogP contribution is -2.38. The van der Waals surface area contributed by atoms with Gasteiger partial charge >= 0.3 is 6.03 Å². The highest BCUT2D eigenvalue weighted by molar-refractivity contribution is 7.20. The van der Waals surface area contributed by atoms with Crippen molar-refractivity contribution in [2.24, 2.45) is 5.92 Å². The third-order valence-corrected chi connectivity index (χ3v) is 9.35. The lowest BCUT2D eigenvalue weighted by atomic mass is 9.90. The summed E-state index contributed by atoms with van der Waals surface area (Å²) in [7, 11) is 0. The SMILES string of the molecule is Cc1ccc(-n2nc(C(C)(C)C)cc2NC(=O)Nc2cccc(CC3CCN(C(=O)c4cc5ccccc5s4)CC3)c2)cc1. The number of aryl methyl sites for hydroxylation is 1. The second-order valence-electron chi connectivity index (χ2n) is 12.8. The summed E-state index contributed by atoms with van der Waals surface area (Å²) in [6.07, 6.45) is 2.85. The van der Waals surface area contributed by atoms with Crippen LogP contribution >= 0.6 is 11.3 Å². The van der Waals surface area contributed by atoms with Gasteiger partial charge in [0.25, 0.3) is 5.91 Å². The third-order valence-electron chi connectivity index (χ3n) is 8.25. The Balaban J connectivity index is 1.07. The highest BCUT2D eigenvalue weighted by Gasteiger charge is 2.25. The van der Waals surface area contributed by atoms with Crippen molar-refractivity contribution in [3.8, 4) is 5.69 Å². The number of carbonyl (C=O) groups excluding carboxylic acids is 2. The van der Waals surface area contributed by atoms with E-state index in [2.05, 4.69) is 49.6 Å². The Kier molecular flexibility index (Phi) is 8.27. The minimum Gasteiger partial charge on any atom is -0.338 e. The molecule has 1 fully saturated rings. The zero-order valence-corrected chi connectivity index (χ0v) is 26.6. The molecule has 1 aliphatic heterocycles. The number of nitrogens with zero attached hydrogens (tertiary/aromatic N) is 3. The van der Waals surface area contributed by atoms with Crippen LogP contribution in [0.15, 0.2) is 84.9 Å². The van der Waals surface area contributed by atoms with E-state index in [0.29, 0.717) is 11.7 Å². The molecule has 5 aromatic rings. The number of likely N-dealkylation sites (tertiary alicyclic amines) is 1. The Hall–Kier alpha value is -4.43. The van der Waals surface area contributed by atoms with Gasteiger partial charge in [-0.15, -0.1) is 11.3 Å². The molecule has 226 valence electrons. The summed E-state index contributed by atoms with van der Waals surface area (Å²) in [5, 5.41) is 12.0. The molecule has 0 saturated carbocycles. The van der Waals surface area contributed by atoms with Gasteiger partial charge in [0.1, 0.15) is 5.82 Å². The number of amides is 3. The Morgan fingerprint density at radius 2 is 1.66 bits per heavy atom. The van der Waals surface area contributed by atoms with Crippen molar-refractivity contribution >= 4 is 44.9 Å². The average Bonchev–Trinajstić information content (AvgIpc) is 3.63. The first-order chi connectivity index (χ1) is 21.1. The zero-order chi connectivity index (χ0) is 30.8. The fraction of sp³-hybridized carbons (Fsp3) is 0.306. The number of piperidine rings is 1. The Labute approximate surface area is 262 Å². The van der Waals surface area contributed by atoms with Crippen LogP contribution in [-0.4, -0.2) is 39.7 Å². The number of urea groups is 1. The average molecular weight is 606 g/mol. The fourth-order valence-electron chi connectivity index (χ4n) is 5.69. The maximum Gasteiger partial charge on any atom is 0.324 e. The van der Waals surface area contributed by atoms with Crippen molar-refractivity contribution < 1.29 is 9.59 Å². The minimum atomic E-state index is -0.316. The maximum atomic E-state index is 13.2. The summed E-state index contributed by atoms with van der Waals surface area (Å²) in [6.45, 7) is 9.91. The molecule has 3 heterocycles. The molecule has 44 heavy (non-hydrogen) atoms. The number of anilines is 2. The van der Waals surface area contributed by atoms with Gasteiger partial charge < -0.3 is 10.2 Å². The molecule has 1 aliphatic rings. The quantitative estimate of drug-likeness (QED) is 0.204. The normalized spacial score (nSPS) is 14.1. The van der Waals surface area contributed by atoms with Crippen LogP contribution in [0.3, 0.4) is 0 Å². The summed E-state index contributed by atoms with van der Waals surface area (Å²) < 4.78 is 2.94. The van der Waals surface area contributed by atoms with Crippen LogP contribution in [0.4, 0.5) is 16.3 Å². The maximum absolute atomic E-state index is 13.2. The fourth-order valence-corrected chi connectivity index (χ4v) is 6.72. The van der Waals surface area contributed by atoms with E-state index in [0.717, 1.165) is 69.9 Å². The van der Waals surface area contributed by atoms with E-state index < -0.39 is 0 Å². The van der Waals surface area contributed by atoms with E-state index in [1.165, 1.54) is 5.56 Å². The van der Waals surface area contributed by atoms with Gasteiger partial charge in [-0.2, -0.15) is 5.10 Å². The molecule has 0 radical (unpaired) electrons. The molecule has 0 spiro atoms. The van der Waals surface area contributed by atoms with E-state index in [4.69, 9.17) is 5.10 Å². The molecule has 1 saturated heterocycles. The molecular formula is C36H39N5O2S. The van der Waals surface area contributed by atoms with E-state index in [9.17, 15) is 9.59 Å². The largest absolute Gasteiger partial charge is 0.338 e. The van der Waals surface area contributed by atoms with Crippen LogP contribution < -0.4 is 10.6 Å². The molecule has 0 atom stereocenters. The number of aromatic nitrogens is 2. The van der Waals surface area contributed by atoms with Crippen LogP contribution in [-0.2, 0) is 11.8 Å². The molecule has 2 aromatic heterocycles. The van der Waals surface area contributed by atoms with E-state index in [1.807, 2.05) is 78.6 Å². The Bertz CT molecular complexity index is 1760. The van der Waals surface area contributed by atoms with Crippen LogP contribution in [0.5, 0.6) is 0 Å². The first kappa shape index (κ1) is 29.6. The first-order valence-electron chi connectivity index (χ1n) is 15.2. The van der Waals surface area contributed by atoms with Crippen LogP contribution in [0.25, 0.3) is 15.8 Å². The number of hydrogen-bond donors (Lipinski definition) is 2. The predicted octanol–water partition coefficient (Wildman–Crippen LogP) is 8.43. The van der Waals surface area contributed by atoms with Crippen LogP contribution in [0.1, 0.15) is 60.1 Å². The van der Waals surface area contributed by atoms with Crippen molar-refractivity contribution in [1.82, 2.24) is 14.7 Å². The van der Waals surface area contributed by atoms with Gasteiger partial charge in [-0.1, -0.05) is 68.8 Å². The van der Waals surface area contributed by atoms with Crippen LogP contribution in [0, 0.1) is 12.8 Å². The molecule has 2 N–H and O–H groups in total. The smallest absolute Gasteiger partial charge is 0.324 e. The summed E-state index contributed by atoms with van der Waals surface area (Å²) >= 11 is 1.58. The summed E-state index contributed by atoms with van der Waals surface area (Å²) in [6, 6.07) is 27.9. The summed E-state index contributed by atoms with van der Waals surface area (Å²) in [5.41, 5.74) is 4.70. The molecule has 3 amide bonds. The second kappa shape index (κ2) is 12.3. The van der Waals surface area contributed by atoms with Crippen LogP contribution in [0.2, 0.25) is 0 Å². The van der Waals surface area contributed by atoms with Gasteiger partial charge in [-0.25, -0.2) is 9.48 Å². The van der Waals surface area contributed by atoms with Crippen molar-refractivity contribution in [2.75, 3.05) is 23.7 Å². The number of fused-ring (bicyclic) bond motifs is 1. The standard InChI is InChI=1S/C36H39N5O2S/c1-24-12-14-29(15-13-24)41-33(23-32(39-41)36(2,3)4)38-35(43)37-28-10-7-8-26(21-28)20-25-16-18-40(19-17-25)34(42)31-22-27-9-5-6-11-30(27)44-31/h5-15,21-23,25H,16-20H2,1-4H3,(H2,37,38,43). The molecular weight excluding hydrogens is 566 g/mol. The number of hydrogen-bond acceptors (Lipinski definition) is 4. The van der Waals surface area contributed by atoms with Gasteiger partial charge in [0, 0.05) is 35.0 Å². The summed E-state index contributed by atoms with van der Waals surface area (Å²) in [5.74, 6) is 1.25. The molecule has 0 aliphatic carbocycles. The monoisotopic (exact) mass is 605 g/mol. The topological polar surface area (TPSA) is 79.3 Å². The predicted molar refractivity (Wildman–Crippen MR) is 180 cm³/mol. The van der Waals surface area contributed by atoms with E-state index in [1.54, 1.807) is 16.0 Å². The van der Waals surface area contributed by atoms with Gasteiger partial charge in [0.15, 0.2) is 0 Å². The van der Waals surface area contributed by atoms with Gasteiger partial charge in [0.2, 0.25) is 0 Å². The number of thiophene rings is 1. The van der Waals surface area contributed by atoms with Gasteiger partial charge in [-0.05, 0) is 79.5 Å². The van der Waals surface area contributed by atoms with Crippen molar-refractivity contribution in [2.45, 2.75) is 52.4 Å². The number of benzene rings is 3. The minimum absolute atomic E-state index is 0.139. The molecule has 3 aromatic carbocycles.